The zero-order chi connectivity index (χ0) is 10.6. The van der Waals surface area contributed by atoms with Crippen molar-refractivity contribution in [3.05, 3.63) is 29.6 Å². The van der Waals surface area contributed by atoms with E-state index in [4.69, 9.17) is 10.8 Å². The summed E-state index contributed by atoms with van der Waals surface area (Å²) in [6.45, 7) is -0.0433. The number of carboxylic acid groups (broad SMARTS) is 1. The number of carboxylic acids is 1. The van der Waals surface area contributed by atoms with Gasteiger partial charge in [0.15, 0.2) is 0 Å². The maximum absolute atomic E-state index is 12.7. The predicted molar refractivity (Wildman–Crippen MR) is 57.7 cm³/mol. The van der Waals surface area contributed by atoms with Crippen LogP contribution in [-0.4, -0.2) is 17.6 Å². The Kier molecular flexibility index (Phi) is 5.66. The minimum absolute atomic E-state index is 0. The van der Waals surface area contributed by atoms with Gasteiger partial charge in [-0.3, -0.25) is 4.79 Å². The minimum atomic E-state index is -0.975. The summed E-state index contributed by atoms with van der Waals surface area (Å²) in [5.41, 5.74) is 6.49. The molecular formula is C9H12ClFN2O2. The number of benzene rings is 1. The Morgan fingerprint density at radius 3 is 2.73 bits per heavy atom. The summed E-state index contributed by atoms with van der Waals surface area (Å²) in [6.07, 6.45) is 0. The third-order valence-corrected chi connectivity index (χ3v) is 1.72. The monoisotopic (exact) mass is 234 g/mol. The lowest BCUT2D eigenvalue weighted by Gasteiger charge is -2.08. The van der Waals surface area contributed by atoms with E-state index in [0.717, 1.165) is 0 Å². The number of hydrogen-bond acceptors (Lipinski definition) is 3. The number of carbonyl (C=O) groups is 1. The summed E-state index contributed by atoms with van der Waals surface area (Å²) in [6, 6.07) is 4.01. The van der Waals surface area contributed by atoms with Crippen LogP contribution in [0.25, 0.3) is 0 Å². The molecule has 0 aliphatic heterocycles. The van der Waals surface area contributed by atoms with E-state index in [-0.39, 0.29) is 31.3 Å². The first kappa shape index (κ1) is 13.7. The molecule has 4 nitrogen and oxygen atoms in total. The van der Waals surface area contributed by atoms with Gasteiger partial charge in [0.05, 0.1) is 0 Å². The lowest BCUT2D eigenvalue weighted by molar-refractivity contribution is -0.134. The van der Waals surface area contributed by atoms with E-state index >= 15 is 0 Å². The van der Waals surface area contributed by atoms with Crippen molar-refractivity contribution >= 4 is 24.1 Å². The third kappa shape index (κ3) is 4.14. The molecule has 0 aromatic heterocycles. The van der Waals surface area contributed by atoms with Crippen molar-refractivity contribution in [2.75, 3.05) is 11.9 Å². The third-order valence-electron chi connectivity index (χ3n) is 1.72. The van der Waals surface area contributed by atoms with Gasteiger partial charge >= 0.3 is 5.97 Å². The highest BCUT2D eigenvalue weighted by atomic mass is 35.5. The van der Waals surface area contributed by atoms with Gasteiger partial charge in [0, 0.05) is 12.2 Å². The van der Waals surface area contributed by atoms with Gasteiger partial charge in [-0.1, -0.05) is 0 Å². The normalized spacial score (nSPS) is 9.20. The summed E-state index contributed by atoms with van der Waals surface area (Å²) < 4.78 is 12.7. The maximum atomic E-state index is 12.7. The summed E-state index contributed by atoms with van der Waals surface area (Å²) in [7, 11) is 0. The van der Waals surface area contributed by atoms with E-state index in [2.05, 4.69) is 5.32 Å². The van der Waals surface area contributed by atoms with Crippen molar-refractivity contribution in [2.45, 2.75) is 6.54 Å². The van der Waals surface area contributed by atoms with Gasteiger partial charge < -0.3 is 16.2 Å². The average Bonchev–Trinajstić information content (AvgIpc) is 2.15. The molecule has 0 saturated carbocycles. The average molecular weight is 235 g/mol. The predicted octanol–water partition coefficient (Wildman–Crippen LogP) is 1.20. The molecule has 0 aliphatic rings. The van der Waals surface area contributed by atoms with Gasteiger partial charge in [-0.15, -0.1) is 12.4 Å². The molecule has 0 heterocycles. The van der Waals surface area contributed by atoms with E-state index in [1.807, 2.05) is 0 Å². The van der Waals surface area contributed by atoms with Gasteiger partial charge in [0.1, 0.15) is 12.4 Å². The summed E-state index contributed by atoms with van der Waals surface area (Å²) in [5, 5.41) is 11.1. The lowest BCUT2D eigenvalue weighted by Crippen LogP contribution is -2.14. The number of nitrogens with one attached hydrogen (secondary N) is 1. The van der Waals surface area contributed by atoms with Crippen LogP contribution in [-0.2, 0) is 11.3 Å². The topological polar surface area (TPSA) is 75.3 Å². The molecule has 6 heteroatoms. The van der Waals surface area contributed by atoms with Crippen LogP contribution in [0.4, 0.5) is 10.1 Å². The SMILES string of the molecule is Cl.NCc1cc(F)ccc1NCC(=O)O. The van der Waals surface area contributed by atoms with Gasteiger partial charge in [-0.05, 0) is 23.8 Å². The molecule has 1 aromatic carbocycles. The first-order chi connectivity index (χ1) is 6.63. The first-order valence-electron chi connectivity index (χ1n) is 4.07. The molecular weight excluding hydrogens is 223 g/mol. The Balaban J connectivity index is 0.00000196. The fourth-order valence-corrected chi connectivity index (χ4v) is 1.07. The van der Waals surface area contributed by atoms with Crippen LogP contribution in [0.5, 0.6) is 0 Å². The van der Waals surface area contributed by atoms with Gasteiger partial charge in [0.2, 0.25) is 0 Å². The summed E-state index contributed by atoms with van der Waals surface area (Å²) in [5.74, 6) is -1.36. The smallest absolute Gasteiger partial charge is 0.322 e. The molecule has 4 N–H and O–H groups in total. The quantitative estimate of drug-likeness (QED) is 0.732. The van der Waals surface area contributed by atoms with Gasteiger partial charge in [-0.2, -0.15) is 0 Å². The second kappa shape index (κ2) is 6.21. The molecule has 0 amide bonds. The zero-order valence-corrected chi connectivity index (χ0v) is 8.68. The number of rotatable bonds is 4. The Hall–Kier alpha value is -1.33. The van der Waals surface area contributed by atoms with Gasteiger partial charge in [-0.25, -0.2) is 4.39 Å². The Bertz CT molecular complexity index is 347. The Labute approximate surface area is 92.7 Å². The number of halogens is 2. The first-order valence-corrected chi connectivity index (χ1v) is 4.07. The minimum Gasteiger partial charge on any atom is -0.480 e. The van der Waals surface area contributed by atoms with Crippen LogP contribution in [0.15, 0.2) is 18.2 Å². The molecule has 0 bridgehead atoms. The van der Waals surface area contributed by atoms with Crippen molar-refractivity contribution in [2.24, 2.45) is 5.73 Å². The van der Waals surface area contributed by atoms with Crippen LogP contribution >= 0.6 is 12.4 Å². The second-order valence-electron chi connectivity index (χ2n) is 2.75. The molecule has 0 unspecified atom stereocenters. The fourth-order valence-electron chi connectivity index (χ4n) is 1.07. The molecule has 0 aliphatic carbocycles. The van der Waals surface area contributed by atoms with E-state index in [1.54, 1.807) is 0 Å². The number of anilines is 1. The fraction of sp³-hybridized carbons (Fsp3) is 0.222. The highest BCUT2D eigenvalue weighted by Crippen LogP contribution is 2.15. The van der Waals surface area contributed by atoms with Crippen LogP contribution in [0.2, 0.25) is 0 Å². The molecule has 15 heavy (non-hydrogen) atoms. The molecule has 0 atom stereocenters. The molecule has 0 saturated heterocycles. The van der Waals surface area contributed by atoms with Crippen molar-refractivity contribution < 1.29 is 14.3 Å². The van der Waals surface area contributed by atoms with Crippen LogP contribution in [0, 0.1) is 5.82 Å². The molecule has 0 spiro atoms. The second-order valence-corrected chi connectivity index (χ2v) is 2.75. The molecule has 84 valence electrons. The van der Waals surface area contributed by atoms with E-state index in [0.29, 0.717) is 11.3 Å². The molecule has 0 radical (unpaired) electrons. The molecule has 1 rings (SSSR count). The van der Waals surface area contributed by atoms with Crippen molar-refractivity contribution in [1.29, 1.82) is 0 Å². The van der Waals surface area contributed by atoms with Crippen molar-refractivity contribution in [3.63, 3.8) is 0 Å². The summed E-state index contributed by atoms with van der Waals surface area (Å²) in [4.78, 5) is 10.3. The number of hydrogen-bond donors (Lipinski definition) is 3. The Morgan fingerprint density at radius 1 is 1.53 bits per heavy atom. The molecule has 1 aromatic rings. The maximum Gasteiger partial charge on any atom is 0.322 e. The van der Waals surface area contributed by atoms with Gasteiger partial charge in [0.25, 0.3) is 0 Å². The highest BCUT2D eigenvalue weighted by molar-refractivity contribution is 5.85. The van der Waals surface area contributed by atoms with E-state index in [9.17, 15) is 9.18 Å². The highest BCUT2D eigenvalue weighted by Gasteiger charge is 2.03. The number of nitrogens with two attached hydrogens (primary N) is 1. The van der Waals surface area contributed by atoms with Crippen LogP contribution < -0.4 is 11.1 Å². The molecule has 0 fully saturated rings. The summed E-state index contributed by atoms with van der Waals surface area (Å²) >= 11 is 0. The lowest BCUT2D eigenvalue weighted by atomic mass is 10.1. The van der Waals surface area contributed by atoms with E-state index < -0.39 is 5.97 Å². The largest absolute Gasteiger partial charge is 0.480 e. The Morgan fingerprint density at radius 2 is 2.20 bits per heavy atom. The van der Waals surface area contributed by atoms with E-state index in [1.165, 1.54) is 18.2 Å². The van der Waals surface area contributed by atoms with Crippen molar-refractivity contribution in [3.8, 4) is 0 Å². The van der Waals surface area contributed by atoms with Crippen LogP contribution in [0.3, 0.4) is 0 Å². The van der Waals surface area contributed by atoms with Crippen molar-refractivity contribution in [1.82, 2.24) is 0 Å². The zero-order valence-electron chi connectivity index (χ0n) is 7.87. The van der Waals surface area contributed by atoms with Crippen LogP contribution in [0.1, 0.15) is 5.56 Å². The number of aliphatic carboxylic acids is 1. The standard InChI is InChI=1S/C9H11FN2O2.ClH/c10-7-1-2-8(6(3-7)4-11)12-5-9(13)14;/h1-3,12H,4-5,11H2,(H,13,14);1H.